The van der Waals surface area contributed by atoms with Crippen LogP contribution in [0.5, 0.6) is 0 Å². The van der Waals surface area contributed by atoms with Crippen LogP contribution in [0.15, 0.2) is 16.5 Å². The molecule has 1 atom stereocenters. The molecule has 0 radical (unpaired) electrons. The van der Waals surface area contributed by atoms with Crippen LogP contribution in [0.25, 0.3) is 0 Å². The van der Waals surface area contributed by atoms with Gasteiger partial charge in [-0.1, -0.05) is 13.8 Å². The molecule has 1 unspecified atom stereocenters. The largest absolute Gasteiger partial charge is 0.464 e. The van der Waals surface area contributed by atoms with Crippen LogP contribution in [-0.2, 0) is 6.42 Å². The SMILES string of the molecule is CCc1ccc(C(CN)N(C)C2CCC(C)CC2)o1. The summed E-state index contributed by atoms with van der Waals surface area (Å²) in [5, 5.41) is 0. The molecule has 0 aromatic carbocycles. The predicted octanol–water partition coefficient (Wildman–Crippen LogP) is 3.35. The lowest BCUT2D eigenvalue weighted by atomic mass is 9.86. The highest BCUT2D eigenvalue weighted by molar-refractivity contribution is 5.11. The van der Waals surface area contributed by atoms with Gasteiger partial charge in [-0.05, 0) is 50.8 Å². The minimum Gasteiger partial charge on any atom is -0.464 e. The number of likely N-dealkylation sites (N-methyl/N-ethyl adjacent to an activating group) is 1. The number of furan rings is 1. The molecule has 2 rings (SSSR count). The summed E-state index contributed by atoms with van der Waals surface area (Å²) >= 11 is 0. The lowest BCUT2D eigenvalue weighted by Crippen LogP contribution is -2.40. The van der Waals surface area contributed by atoms with Crippen LogP contribution in [0, 0.1) is 5.92 Å². The van der Waals surface area contributed by atoms with Gasteiger partial charge in [-0.3, -0.25) is 4.90 Å². The van der Waals surface area contributed by atoms with E-state index in [-0.39, 0.29) is 6.04 Å². The zero-order valence-electron chi connectivity index (χ0n) is 12.6. The van der Waals surface area contributed by atoms with E-state index in [1.807, 2.05) is 0 Å². The average Bonchev–Trinajstić information content (AvgIpc) is 2.89. The summed E-state index contributed by atoms with van der Waals surface area (Å²) in [6.45, 7) is 5.10. The smallest absolute Gasteiger partial charge is 0.122 e. The average molecular weight is 264 g/mol. The quantitative estimate of drug-likeness (QED) is 0.886. The van der Waals surface area contributed by atoms with Crippen LogP contribution in [0.1, 0.15) is 57.1 Å². The van der Waals surface area contributed by atoms with E-state index < -0.39 is 0 Å². The van der Waals surface area contributed by atoms with E-state index in [0.717, 1.165) is 23.9 Å². The van der Waals surface area contributed by atoms with Crippen LogP contribution in [0.4, 0.5) is 0 Å². The topological polar surface area (TPSA) is 42.4 Å². The third-order valence-corrected chi connectivity index (χ3v) is 4.64. The highest BCUT2D eigenvalue weighted by Crippen LogP contribution is 2.31. The van der Waals surface area contributed by atoms with Crippen molar-refractivity contribution in [1.82, 2.24) is 4.90 Å². The van der Waals surface area contributed by atoms with Crippen molar-refractivity contribution in [3.8, 4) is 0 Å². The molecule has 1 aromatic heterocycles. The van der Waals surface area contributed by atoms with E-state index in [9.17, 15) is 0 Å². The normalized spacial score (nSPS) is 25.7. The molecule has 1 aromatic rings. The maximum Gasteiger partial charge on any atom is 0.122 e. The Morgan fingerprint density at radius 1 is 1.32 bits per heavy atom. The van der Waals surface area contributed by atoms with Gasteiger partial charge in [0.15, 0.2) is 0 Å². The first-order chi connectivity index (χ1) is 9.15. The first kappa shape index (κ1) is 14.6. The summed E-state index contributed by atoms with van der Waals surface area (Å²) in [6, 6.07) is 5.05. The second kappa shape index (κ2) is 6.58. The van der Waals surface area contributed by atoms with Crippen molar-refractivity contribution >= 4 is 0 Å². The Balaban J connectivity index is 2.04. The van der Waals surface area contributed by atoms with Gasteiger partial charge in [0.1, 0.15) is 11.5 Å². The van der Waals surface area contributed by atoms with E-state index in [2.05, 4.69) is 37.9 Å². The number of aryl methyl sites for hydroxylation is 1. The Morgan fingerprint density at radius 3 is 2.53 bits per heavy atom. The second-order valence-corrected chi connectivity index (χ2v) is 5.99. The van der Waals surface area contributed by atoms with E-state index in [1.54, 1.807) is 0 Å². The minimum atomic E-state index is 0.221. The molecule has 108 valence electrons. The maximum absolute atomic E-state index is 5.99. The molecule has 1 aliphatic carbocycles. The molecule has 3 nitrogen and oxygen atoms in total. The summed E-state index contributed by atoms with van der Waals surface area (Å²) < 4.78 is 5.90. The first-order valence-corrected chi connectivity index (χ1v) is 7.66. The monoisotopic (exact) mass is 264 g/mol. The molecule has 0 spiro atoms. The van der Waals surface area contributed by atoms with Gasteiger partial charge in [0, 0.05) is 19.0 Å². The summed E-state index contributed by atoms with van der Waals surface area (Å²) in [5.74, 6) is 2.97. The van der Waals surface area contributed by atoms with Crippen LogP contribution in [-0.4, -0.2) is 24.5 Å². The molecule has 0 amide bonds. The molecular formula is C16H28N2O. The van der Waals surface area contributed by atoms with E-state index >= 15 is 0 Å². The third-order valence-electron chi connectivity index (χ3n) is 4.64. The molecule has 0 aliphatic heterocycles. The number of nitrogens with zero attached hydrogens (tertiary/aromatic N) is 1. The van der Waals surface area contributed by atoms with Crippen molar-refractivity contribution in [2.75, 3.05) is 13.6 Å². The molecule has 0 saturated heterocycles. The number of hydrogen-bond donors (Lipinski definition) is 1. The lowest BCUT2D eigenvalue weighted by Gasteiger charge is -2.37. The molecule has 1 saturated carbocycles. The van der Waals surface area contributed by atoms with E-state index in [4.69, 9.17) is 10.2 Å². The van der Waals surface area contributed by atoms with Crippen molar-refractivity contribution in [3.05, 3.63) is 23.7 Å². The molecule has 1 fully saturated rings. The lowest BCUT2D eigenvalue weighted by molar-refractivity contribution is 0.113. The zero-order chi connectivity index (χ0) is 13.8. The fourth-order valence-electron chi connectivity index (χ4n) is 3.15. The van der Waals surface area contributed by atoms with Gasteiger partial charge >= 0.3 is 0 Å². The van der Waals surface area contributed by atoms with E-state index in [0.29, 0.717) is 12.6 Å². The Kier molecular flexibility index (Phi) is 5.06. The molecule has 0 bridgehead atoms. The predicted molar refractivity (Wildman–Crippen MR) is 79.1 cm³/mol. The number of hydrogen-bond acceptors (Lipinski definition) is 3. The van der Waals surface area contributed by atoms with E-state index in [1.165, 1.54) is 25.7 Å². The third kappa shape index (κ3) is 3.40. The van der Waals surface area contributed by atoms with Gasteiger partial charge in [-0.25, -0.2) is 0 Å². The Bertz CT molecular complexity index is 380. The van der Waals surface area contributed by atoms with Crippen molar-refractivity contribution in [3.63, 3.8) is 0 Å². The van der Waals surface area contributed by atoms with Crippen molar-refractivity contribution < 1.29 is 4.42 Å². The molecular weight excluding hydrogens is 236 g/mol. The molecule has 1 heterocycles. The first-order valence-electron chi connectivity index (χ1n) is 7.66. The fourth-order valence-corrected chi connectivity index (χ4v) is 3.15. The Hall–Kier alpha value is -0.800. The van der Waals surface area contributed by atoms with Crippen LogP contribution < -0.4 is 5.73 Å². The summed E-state index contributed by atoms with van der Waals surface area (Å²) in [7, 11) is 2.20. The van der Waals surface area contributed by atoms with Gasteiger partial charge in [0.2, 0.25) is 0 Å². The number of nitrogens with two attached hydrogens (primary N) is 1. The van der Waals surface area contributed by atoms with Gasteiger partial charge in [0.25, 0.3) is 0 Å². The van der Waals surface area contributed by atoms with Crippen LogP contribution in [0.2, 0.25) is 0 Å². The maximum atomic E-state index is 5.99. The van der Waals surface area contributed by atoms with Crippen molar-refractivity contribution in [1.29, 1.82) is 0 Å². The second-order valence-electron chi connectivity index (χ2n) is 5.99. The van der Waals surface area contributed by atoms with Gasteiger partial charge in [-0.15, -0.1) is 0 Å². The number of rotatable bonds is 5. The highest BCUT2D eigenvalue weighted by atomic mass is 16.3. The highest BCUT2D eigenvalue weighted by Gasteiger charge is 2.28. The van der Waals surface area contributed by atoms with Gasteiger partial charge in [0.05, 0.1) is 6.04 Å². The van der Waals surface area contributed by atoms with Gasteiger partial charge in [-0.2, -0.15) is 0 Å². The zero-order valence-corrected chi connectivity index (χ0v) is 12.6. The summed E-state index contributed by atoms with van der Waals surface area (Å²) in [5.41, 5.74) is 5.99. The Labute approximate surface area is 117 Å². The molecule has 2 N–H and O–H groups in total. The van der Waals surface area contributed by atoms with Crippen LogP contribution in [0.3, 0.4) is 0 Å². The van der Waals surface area contributed by atoms with Crippen molar-refractivity contribution in [2.24, 2.45) is 11.7 Å². The molecule has 3 heteroatoms. The summed E-state index contributed by atoms with van der Waals surface area (Å²) in [6.07, 6.45) is 6.20. The van der Waals surface area contributed by atoms with Crippen LogP contribution >= 0.6 is 0 Å². The van der Waals surface area contributed by atoms with Gasteiger partial charge < -0.3 is 10.2 Å². The summed E-state index contributed by atoms with van der Waals surface area (Å²) in [4.78, 5) is 2.43. The minimum absolute atomic E-state index is 0.221. The molecule has 1 aliphatic rings. The standard InChI is InChI=1S/C16H28N2O/c1-4-14-9-10-16(19-14)15(11-17)18(3)13-7-5-12(2)6-8-13/h9-10,12-13,15H,4-8,11,17H2,1-3H3. The Morgan fingerprint density at radius 2 is 2.00 bits per heavy atom. The van der Waals surface area contributed by atoms with Crippen molar-refractivity contribution in [2.45, 2.75) is 58.0 Å². The molecule has 19 heavy (non-hydrogen) atoms. The fraction of sp³-hybridized carbons (Fsp3) is 0.750.